The van der Waals surface area contributed by atoms with Crippen LogP contribution in [0.2, 0.25) is 0 Å². The molecule has 0 amide bonds. The van der Waals surface area contributed by atoms with E-state index in [2.05, 4.69) is 0 Å². The van der Waals surface area contributed by atoms with E-state index < -0.39 is 21.9 Å². The number of hydrogen-bond acceptors (Lipinski definition) is 5. The van der Waals surface area contributed by atoms with E-state index in [-0.39, 0.29) is 5.92 Å². The van der Waals surface area contributed by atoms with Crippen molar-refractivity contribution in [3.05, 3.63) is 31.9 Å². The van der Waals surface area contributed by atoms with Crippen LogP contribution in [0.1, 0.15) is 13.8 Å². The average molecular weight is 268 g/mol. The van der Waals surface area contributed by atoms with Gasteiger partial charge in [-0.2, -0.15) is 0 Å². The van der Waals surface area contributed by atoms with Crippen molar-refractivity contribution < 1.29 is 10.0 Å². The molecule has 0 spiro atoms. The average Bonchev–Trinajstić information content (AvgIpc) is 2.72. The maximum atomic E-state index is 12.0. The zero-order chi connectivity index (χ0) is 13.4. The van der Waals surface area contributed by atoms with E-state index >= 15 is 0 Å². The minimum atomic E-state index is -0.826. The van der Waals surface area contributed by atoms with Crippen LogP contribution < -0.4 is 5.56 Å². The highest BCUT2D eigenvalue weighted by Crippen LogP contribution is 2.34. The number of aromatic hydroxyl groups is 1. The lowest BCUT2D eigenvalue weighted by atomic mass is 10.2. The molecule has 0 aliphatic rings. The monoisotopic (exact) mass is 268 g/mol. The van der Waals surface area contributed by atoms with Gasteiger partial charge in [0.25, 0.3) is 0 Å². The van der Waals surface area contributed by atoms with Gasteiger partial charge in [0, 0.05) is 6.54 Å². The Balaban J connectivity index is 2.87. The van der Waals surface area contributed by atoms with Gasteiger partial charge >= 0.3 is 11.2 Å². The number of rotatable bonds is 3. The second-order valence-corrected chi connectivity index (χ2v) is 5.32. The van der Waals surface area contributed by atoms with Crippen molar-refractivity contribution >= 4 is 27.2 Å². The van der Waals surface area contributed by atoms with Crippen LogP contribution in [0.5, 0.6) is 5.75 Å². The van der Waals surface area contributed by atoms with Crippen molar-refractivity contribution in [2.45, 2.75) is 20.4 Å². The van der Waals surface area contributed by atoms with Gasteiger partial charge in [0.2, 0.25) is 5.75 Å². The molecule has 96 valence electrons. The lowest BCUT2D eigenvalue weighted by molar-refractivity contribution is -0.387. The van der Waals surface area contributed by atoms with Gasteiger partial charge in [-0.05, 0) is 17.4 Å². The zero-order valence-electron chi connectivity index (χ0n) is 9.91. The van der Waals surface area contributed by atoms with Gasteiger partial charge in [-0.15, -0.1) is 11.3 Å². The summed E-state index contributed by atoms with van der Waals surface area (Å²) in [5.41, 5.74) is -0.954. The summed E-state index contributed by atoms with van der Waals surface area (Å²) in [5, 5.41) is 22.4. The standard InChI is InChI=1S/C11H12N2O4S/c1-6(2)5-12-7-3-4-18-10(7)9(14)8(11(12)15)13(16)17/h3-4,6,14H,5H2,1-2H3. The predicted molar refractivity (Wildman–Crippen MR) is 69.2 cm³/mol. The Labute approximate surface area is 106 Å². The molecule has 18 heavy (non-hydrogen) atoms. The molecule has 0 fully saturated rings. The molecule has 2 aromatic heterocycles. The second-order valence-electron chi connectivity index (χ2n) is 4.40. The Hall–Kier alpha value is -1.89. The van der Waals surface area contributed by atoms with Gasteiger partial charge in [-0.25, -0.2) is 0 Å². The maximum Gasteiger partial charge on any atom is 0.376 e. The number of hydrogen-bond donors (Lipinski definition) is 1. The normalized spacial score (nSPS) is 11.3. The summed E-state index contributed by atoms with van der Waals surface area (Å²) in [5.74, 6) is -0.357. The van der Waals surface area contributed by atoms with Crippen molar-refractivity contribution in [3.8, 4) is 5.75 Å². The summed E-state index contributed by atoms with van der Waals surface area (Å²) in [6.45, 7) is 4.22. The first kappa shape index (κ1) is 12.6. The maximum absolute atomic E-state index is 12.0. The Morgan fingerprint density at radius 2 is 2.22 bits per heavy atom. The quantitative estimate of drug-likeness (QED) is 0.683. The number of nitrogens with zero attached hydrogens (tertiary/aromatic N) is 2. The zero-order valence-corrected chi connectivity index (χ0v) is 10.7. The molecule has 2 rings (SSSR count). The van der Waals surface area contributed by atoms with Crippen LogP contribution in [0.3, 0.4) is 0 Å². The molecule has 0 radical (unpaired) electrons. The van der Waals surface area contributed by atoms with Crippen molar-refractivity contribution in [2.24, 2.45) is 5.92 Å². The highest BCUT2D eigenvalue weighted by molar-refractivity contribution is 7.17. The van der Waals surface area contributed by atoms with Crippen LogP contribution in [-0.2, 0) is 6.54 Å². The number of pyridine rings is 1. The van der Waals surface area contributed by atoms with Crippen molar-refractivity contribution in [1.82, 2.24) is 4.57 Å². The summed E-state index contributed by atoms with van der Waals surface area (Å²) in [6, 6.07) is 1.69. The summed E-state index contributed by atoms with van der Waals surface area (Å²) >= 11 is 1.18. The molecule has 2 heterocycles. The van der Waals surface area contributed by atoms with Gasteiger partial charge in [0.15, 0.2) is 0 Å². The first-order valence-corrected chi connectivity index (χ1v) is 6.28. The van der Waals surface area contributed by atoms with E-state index in [1.165, 1.54) is 15.9 Å². The van der Waals surface area contributed by atoms with E-state index in [9.17, 15) is 20.0 Å². The van der Waals surface area contributed by atoms with Gasteiger partial charge in [0.05, 0.1) is 10.4 Å². The fourth-order valence-corrected chi connectivity index (χ4v) is 2.69. The third kappa shape index (κ3) is 1.86. The van der Waals surface area contributed by atoms with Crippen LogP contribution in [0, 0.1) is 16.0 Å². The van der Waals surface area contributed by atoms with Crippen LogP contribution in [-0.4, -0.2) is 14.6 Å². The molecule has 6 nitrogen and oxygen atoms in total. The molecule has 0 aliphatic carbocycles. The molecular weight excluding hydrogens is 256 g/mol. The van der Waals surface area contributed by atoms with Crippen LogP contribution in [0.4, 0.5) is 5.69 Å². The predicted octanol–water partition coefficient (Wildman–Crippen LogP) is 2.33. The first-order chi connectivity index (χ1) is 8.43. The third-order valence-electron chi connectivity index (χ3n) is 2.55. The minimum Gasteiger partial charge on any atom is -0.501 e. The summed E-state index contributed by atoms with van der Waals surface area (Å²) in [6.07, 6.45) is 0. The Bertz CT molecular complexity index is 671. The highest BCUT2D eigenvalue weighted by atomic mass is 32.1. The number of nitro groups is 1. The van der Waals surface area contributed by atoms with E-state index in [0.717, 1.165) is 0 Å². The van der Waals surface area contributed by atoms with E-state index in [0.29, 0.717) is 16.8 Å². The summed E-state index contributed by atoms with van der Waals surface area (Å²) in [7, 11) is 0. The number of thiophene rings is 1. The lowest BCUT2D eigenvalue weighted by Crippen LogP contribution is -2.24. The largest absolute Gasteiger partial charge is 0.501 e. The van der Waals surface area contributed by atoms with Gasteiger partial charge in [-0.1, -0.05) is 13.8 Å². The summed E-state index contributed by atoms with van der Waals surface area (Å²) < 4.78 is 1.73. The van der Waals surface area contributed by atoms with Crippen molar-refractivity contribution in [2.75, 3.05) is 0 Å². The molecule has 0 atom stereocenters. The number of aromatic nitrogens is 1. The first-order valence-electron chi connectivity index (χ1n) is 5.40. The van der Waals surface area contributed by atoms with Crippen LogP contribution in [0.25, 0.3) is 10.2 Å². The number of fused-ring (bicyclic) bond motifs is 1. The fourth-order valence-electron chi connectivity index (χ4n) is 1.85. The SMILES string of the molecule is CC(C)Cn1c(=O)c([N+](=O)[O-])c(O)c2sccc21. The molecule has 0 aromatic carbocycles. The van der Waals surface area contributed by atoms with Crippen molar-refractivity contribution in [1.29, 1.82) is 0 Å². The Kier molecular flexibility index (Phi) is 3.08. The van der Waals surface area contributed by atoms with E-state index in [4.69, 9.17) is 0 Å². The molecule has 0 aliphatic heterocycles. The topological polar surface area (TPSA) is 85.4 Å². The van der Waals surface area contributed by atoms with Gasteiger partial charge in [0.1, 0.15) is 4.70 Å². The molecule has 0 saturated carbocycles. The molecule has 0 saturated heterocycles. The molecule has 0 bridgehead atoms. The van der Waals surface area contributed by atoms with Crippen LogP contribution in [0.15, 0.2) is 16.2 Å². The van der Waals surface area contributed by atoms with Gasteiger partial charge in [-0.3, -0.25) is 14.9 Å². The minimum absolute atomic E-state index is 0.176. The molecule has 1 N–H and O–H groups in total. The van der Waals surface area contributed by atoms with Gasteiger partial charge < -0.3 is 9.67 Å². The van der Waals surface area contributed by atoms with Crippen molar-refractivity contribution in [3.63, 3.8) is 0 Å². The third-order valence-corrected chi connectivity index (χ3v) is 3.46. The lowest BCUT2D eigenvalue weighted by Gasteiger charge is -2.11. The smallest absolute Gasteiger partial charge is 0.376 e. The second kappa shape index (κ2) is 4.41. The molecule has 2 aromatic rings. The molecule has 7 heteroatoms. The van der Waals surface area contributed by atoms with E-state index in [1.807, 2.05) is 13.8 Å². The molecular formula is C11H12N2O4S. The Morgan fingerprint density at radius 1 is 1.56 bits per heavy atom. The fraction of sp³-hybridized carbons (Fsp3) is 0.364. The van der Waals surface area contributed by atoms with Crippen LogP contribution >= 0.6 is 11.3 Å². The summed E-state index contributed by atoms with van der Waals surface area (Å²) in [4.78, 5) is 22.1. The molecule has 0 unspecified atom stereocenters. The highest BCUT2D eigenvalue weighted by Gasteiger charge is 2.26. The Morgan fingerprint density at radius 3 is 2.78 bits per heavy atom. The van der Waals surface area contributed by atoms with E-state index in [1.54, 1.807) is 11.4 Å².